The molecule has 0 amide bonds. The van der Waals surface area contributed by atoms with Gasteiger partial charge in [0.1, 0.15) is 6.20 Å². The summed E-state index contributed by atoms with van der Waals surface area (Å²) in [6, 6.07) is 3.28. The lowest BCUT2D eigenvalue weighted by Crippen LogP contribution is -2.02. The smallest absolute Gasteiger partial charge is 0.343 e. The molecule has 11 nitrogen and oxygen atoms in total. The zero-order valence-corrected chi connectivity index (χ0v) is 10.8. The maximum atomic E-state index is 10.9. The number of hydrogen-bond donors (Lipinski definition) is 1. The van der Waals surface area contributed by atoms with Crippen LogP contribution in [0, 0.1) is 10.1 Å². The molecular weight excluding hydrogens is 278 g/mol. The minimum absolute atomic E-state index is 0.155. The number of rotatable bonds is 3. The van der Waals surface area contributed by atoms with Gasteiger partial charge in [0.2, 0.25) is 5.82 Å². The van der Waals surface area contributed by atoms with Crippen LogP contribution < -0.4 is 5.73 Å². The summed E-state index contributed by atoms with van der Waals surface area (Å²) in [7, 11) is 1.52. The summed E-state index contributed by atoms with van der Waals surface area (Å²) in [5.41, 5.74) is 5.69. The van der Waals surface area contributed by atoms with E-state index >= 15 is 0 Å². The van der Waals surface area contributed by atoms with Gasteiger partial charge in [-0.2, -0.15) is 4.52 Å². The molecule has 106 valence electrons. The average molecular weight is 287 g/mol. The Morgan fingerprint density at radius 1 is 1.38 bits per heavy atom. The van der Waals surface area contributed by atoms with Crippen LogP contribution in [-0.4, -0.2) is 40.6 Å². The fraction of sp³-hybridized carbons (Fsp3) is 0.100. The molecule has 0 unspecified atom stereocenters. The first-order valence-corrected chi connectivity index (χ1v) is 5.75. The van der Waals surface area contributed by atoms with Crippen LogP contribution in [0.1, 0.15) is 0 Å². The molecule has 21 heavy (non-hydrogen) atoms. The lowest BCUT2D eigenvalue weighted by Gasteiger charge is -1.98. The monoisotopic (exact) mass is 287 g/mol. The Hall–Kier alpha value is -3.37. The second kappa shape index (κ2) is 4.63. The van der Waals surface area contributed by atoms with Crippen molar-refractivity contribution in [3.05, 3.63) is 28.4 Å². The van der Waals surface area contributed by atoms with E-state index in [0.29, 0.717) is 11.5 Å². The topological polar surface area (TPSA) is 142 Å². The number of nitrogens with two attached hydrogens (primary N) is 1. The van der Waals surface area contributed by atoms with Crippen molar-refractivity contribution in [1.29, 1.82) is 0 Å². The van der Waals surface area contributed by atoms with Crippen LogP contribution in [0.25, 0.3) is 17.3 Å². The number of aliphatic imine (C=N–C) groups is 1. The number of aromatic nitrogens is 6. The van der Waals surface area contributed by atoms with Gasteiger partial charge in [-0.15, -0.1) is 15.3 Å². The van der Waals surface area contributed by atoms with Gasteiger partial charge in [-0.3, -0.25) is 0 Å². The van der Waals surface area contributed by atoms with Gasteiger partial charge < -0.3 is 15.8 Å². The fourth-order valence-corrected chi connectivity index (χ4v) is 1.84. The lowest BCUT2D eigenvalue weighted by atomic mass is 10.5. The molecule has 2 N–H and O–H groups in total. The standard InChI is InChI=1S/C10H9N9O2/c1-17-8(19(20)21)4-12-9(17)10-15-14-7-3-2-6(13-5-11)16-18(7)10/h2-5H,1H3,(H2,11,13,16). The van der Waals surface area contributed by atoms with Gasteiger partial charge >= 0.3 is 5.82 Å². The van der Waals surface area contributed by atoms with Crippen LogP contribution in [0.15, 0.2) is 23.3 Å². The largest absolute Gasteiger partial charge is 0.390 e. The van der Waals surface area contributed by atoms with E-state index in [0.717, 1.165) is 12.5 Å². The van der Waals surface area contributed by atoms with E-state index in [-0.39, 0.29) is 17.5 Å². The van der Waals surface area contributed by atoms with Crippen molar-refractivity contribution >= 4 is 23.6 Å². The fourth-order valence-electron chi connectivity index (χ4n) is 1.84. The molecule has 0 aliphatic carbocycles. The second-order valence-electron chi connectivity index (χ2n) is 4.02. The van der Waals surface area contributed by atoms with Crippen molar-refractivity contribution < 1.29 is 4.92 Å². The summed E-state index contributed by atoms with van der Waals surface area (Å²) < 4.78 is 2.70. The Bertz CT molecular complexity index is 863. The number of nitro groups is 1. The van der Waals surface area contributed by atoms with E-state index in [2.05, 4.69) is 25.3 Å². The van der Waals surface area contributed by atoms with Gasteiger partial charge in [0, 0.05) is 0 Å². The third kappa shape index (κ3) is 1.96. The van der Waals surface area contributed by atoms with Crippen LogP contribution in [-0.2, 0) is 7.05 Å². The first-order chi connectivity index (χ1) is 10.1. The van der Waals surface area contributed by atoms with Gasteiger partial charge in [0.15, 0.2) is 11.5 Å². The van der Waals surface area contributed by atoms with Crippen molar-refractivity contribution in [2.24, 2.45) is 17.8 Å². The number of imidazole rings is 1. The summed E-state index contributed by atoms with van der Waals surface area (Å²) in [6.45, 7) is 0. The van der Waals surface area contributed by atoms with E-state index in [4.69, 9.17) is 5.73 Å². The SMILES string of the molecule is Cn1c([N+](=O)[O-])cnc1-c1nnc2ccc(N=CN)nn12. The normalized spacial score (nSPS) is 11.5. The Kier molecular flexibility index (Phi) is 2.79. The van der Waals surface area contributed by atoms with Crippen molar-refractivity contribution in [3.8, 4) is 11.6 Å². The van der Waals surface area contributed by atoms with Crippen molar-refractivity contribution in [1.82, 2.24) is 29.4 Å². The van der Waals surface area contributed by atoms with E-state index in [9.17, 15) is 10.1 Å². The summed E-state index contributed by atoms with van der Waals surface area (Å²) in [5.74, 6) is 0.748. The first-order valence-electron chi connectivity index (χ1n) is 5.75. The summed E-state index contributed by atoms with van der Waals surface area (Å²) in [5, 5.41) is 22.9. The molecule has 3 aromatic rings. The van der Waals surface area contributed by atoms with Crippen molar-refractivity contribution in [3.63, 3.8) is 0 Å². The van der Waals surface area contributed by atoms with E-state index < -0.39 is 4.92 Å². The maximum Gasteiger partial charge on any atom is 0.343 e. The van der Waals surface area contributed by atoms with Gasteiger partial charge in [-0.25, -0.2) is 14.5 Å². The zero-order chi connectivity index (χ0) is 15.0. The number of hydrogen-bond acceptors (Lipinski definition) is 7. The molecule has 11 heteroatoms. The van der Waals surface area contributed by atoms with Crippen molar-refractivity contribution in [2.45, 2.75) is 0 Å². The third-order valence-corrected chi connectivity index (χ3v) is 2.81. The van der Waals surface area contributed by atoms with Gasteiger partial charge in [-0.05, 0) is 17.1 Å². The Labute approximate surface area is 116 Å². The molecule has 0 bridgehead atoms. The van der Waals surface area contributed by atoms with Crippen LogP contribution in [0.5, 0.6) is 0 Å². The predicted molar refractivity (Wildman–Crippen MR) is 72.0 cm³/mol. The molecule has 0 aromatic carbocycles. The summed E-state index contributed by atoms with van der Waals surface area (Å²) in [6.07, 6.45) is 2.27. The Balaban J connectivity index is 2.20. The Morgan fingerprint density at radius 2 is 2.19 bits per heavy atom. The molecular formula is C10H9N9O2. The maximum absolute atomic E-state index is 10.9. The minimum Gasteiger partial charge on any atom is -0.390 e. The molecule has 0 radical (unpaired) electrons. The molecule has 3 heterocycles. The summed E-state index contributed by atoms with van der Waals surface area (Å²) >= 11 is 0. The minimum atomic E-state index is -0.530. The van der Waals surface area contributed by atoms with Crippen molar-refractivity contribution in [2.75, 3.05) is 0 Å². The highest BCUT2D eigenvalue weighted by atomic mass is 16.6. The molecule has 3 rings (SSSR count). The number of fused-ring (bicyclic) bond motifs is 1. The van der Waals surface area contributed by atoms with E-state index in [1.54, 1.807) is 12.1 Å². The second-order valence-corrected chi connectivity index (χ2v) is 4.02. The predicted octanol–water partition coefficient (Wildman–Crippen LogP) is 0.0515. The summed E-state index contributed by atoms with van der Waals surface area (Å²) in [4.78, 5) is 18.2. The molecule has 0 aliphatic heterocycles. The average Bonchev–Trinajstić information content (AvgIpc) is 3.02. The van der Waals surface area contributed by atoms with Crippen LogP contribution >= 0.6 is 0 Å². The molecule has 0 aliphatic rings. The highest BCUT2D eigenvalue weighted by Gasteiger charge is 2.23. The van der Waals surface area contributed by atoms with Gasteiger partial charge in [0.05, 0.1) is 13.4 Å². The third-order valence-electron chi connectivity index (χ3n) is 2.81. The number of nitrogens with zero attached hydrogens (tertiary/aromatic N) is 8. The van der Waals surface area contributed by atoms with Crippen LogP contribution in [0.2, 0.25) is 0 Å². The highest BCUT2D eigenvalue weighted by molar-refractivity contribution is 5.59. The molecule has 0 atom stereocenters. The molecule has 0 saturated carbocycles. The quantitative estimate of drug-likeness (QED) is 0.310. The van der Waals surface area contributed by atoms with Gasteiger partial charge in [0.25, 0.3) is 5.82 Å². The van der Waals surface area contributed by atoms with E-state index in [1.165, 1.54) is 16.1 Å². The molecule has 0 fully saturated rings. The molecule has 0 spiro atoms. The van der Waals surface area contributed by atoms with E-state index in [1.807, 2.05) is 0 Å². The lowest BCUT2D eigenvalue weighted by molar-refractivity contribution is -0.391. The Morgan fingerprint density at radius 3 is 2.86 bits per heavy atom. The van der Waals surface area contributed by atoms with Gasteiger partial charge in [-0.1, -0.05) is 0 Å². The van der Waals surface area contributed by atoms with Crippen LogP contribution in [0.4, 0.5) is 11.6 Å². The highest BCUT2D eigenvalue weighted by Crippen LogP contribution is 2.21. The molecule has 0 saturated heterocycles. The molecule has 3 aromatic heterocycles. The zero-order valence-electron chi connectivity index (χ0n) is 10.8. The first kappa shape index (κ1) is 12.7. The van der Waals surface area contributed by atoms with Crippen LogP contribution in [0.3, 0.4) is 0 Å².